The minimum absolute atomic E-state index is 0.358. The maximum atomic E-state index is 11.7. The van der Waals surface area contributed by atoms with Gasteiger partial charge in [0.1, 0.15) is 0 Å². The molecule has 1 fully saturated rings. The number of hydrogen-bond donors (Lipinski definition) is 0. The lowest BCUT2D eigenvalue weighted by molar-refractivity contribution is -0.114. The summed E-state index contributed by atoms with van der Waals surface area (Å²) in [5.41, 5.74) is 2.19. The highest BCUT2D eigenvalue weighted by Crippen LogP contribution is 2.32. The van der Waals surface area contributed by atoms with Crippen LogP contribution in [0.5, 0.6) is 0 Å². The van der Waals surface area contributed by atoms with Gasteiger partial charge in [0.2, 0.25) is 0 Å². The predicted octanol–water partition coefficient (Wildman–Crippen LogP) is 1.07. The van der Waals surface area contributed by atoms with Crippen LogP contribution >= 0.6 is 0 Å². The number of nitrogens with zero attached hydrogens (tertiary/aromatic N) is 2. The molecular weight excluding hydrogens is 244 g/mol. The largest absolute Gasteiger partial charge is 0.379 e. The molecule has 0 radical (unpaired) electrons. The van der Waals surface area contributed by atoms with E-state index >= 15 is 0 Å². The zero-order valence-electron chi connectivity index (χ0n) is 11.0. The summed E-state index contributed by atoms with van der Waals surface area (Å²) in [7, 11) is 3.65. The number of benzene rings is 1. The number of anilines is 2. The van der Waals surface area contributed by atoms with Gasteiger partial charge < -0.3 is 14.5 Å². The van der Waals surface area contributed by atoms with Gasteiger partial charge in [-0.25, -0.2) is 0 Å². The topological polar surface area (TPSA) is 49.9 Å². The quantitative estimate of drug-likeness (QED) is 0.746. The third kappa shape index (κ3) is 1.81. The van der Waals surface area contributed by atoms with Crippen LogP contribution in [0, 0.1) is 0 Å². The first-order valence-electron chi connectivity index (χ1n) is 6.36. The molecule has 5 nitrogen and oxygen atoms in total. The van der Waals surface area contributed by atoms with Crippen LogP contribution in [0.4, 0.5) is 11.4 Å². The van der Waals surface area contributed by atoms with Crippen molar-refractivity contribution < 1.29 is 14.3 Å². The van der Waals surface area contributed by atoms with E-state index in [1.54, 1.807) is 13.1 Å². The summed E-state index contributed by atoms with van der Waals surface area (Å²) in [5, 5.41) is 0. The van der Waals surface area contributed by atoms with Crippen molar-refractivity contribution in [2.75, 3.05) is 37.1 Å². The van der Waals surface area contributed by atoms with Crippen LogP contribution in [0.2, 0.25) is 0 Å². The first-order chi connectivity index (χ1) is 9.09. The van der Waals surface area contributed by atoms with E-state index in [1.165, 1.54) is 4.90 Å². The SMILES string of the molecule is CN1C(=O)C(=O)c2ccc(N(C)C3CCOC3)cc21. The lowest BCUT2D eigenvalue weighted by Gasteiger charge is -2.26. The standard InChI is InChI=1S/C14H16N2O3/c1-15(10-5-6-19-8-10)9-3-4-11-12(7-9)16(2)14(18)13(11)17/h3-4,7,10H,5-6,8H2,1-2H3. The van der Waals surface area contributed by atoms with E-state index in [4.69, 9.17) is 4.74 Å². The highest BCUT2D eigenvalue weighted by atomic mass is 16.5. The number of ether oxygens (including phenoxy) is 1. The molecule has 19 heavy (non-hydrogen) atoms. The summed E-state index contributed by atoms with van der Waals surface area (Å²) < 4.78 is 5.39. The lowest BCUT2D eigenvalue weighted by atomic mass is 10.1. The van der Waals surface area contributed by atoms with Gasteiger partial charge >= 0.3 is 0 Å². The summed E-state index contributed by atoms with van der Waals surface area (Å²) in [6.07, 6.45) is 1.00. The van der Waals surface area contributed by atoms with Gasteiger partial charge in [-0.3, -0.25) is 9.59 Å². The molecule has 0 N–H and O–H groups in total. The predicted molar refractivity (Wildman–Crippen MR) is 71.8 cm³/mol. The Balaban J connectivity index is 1.94. The van der Waals surface area contributed by atoms with Crippen LogP contribution in [-0.4, -0.2) is 45.0 Å². The second-order valence-corrected chi connectivity index (χ2v) is 5.02. The van der Waals surface area contributed by atoms with E-state index in [1.807, 2.05) is 19.2 Å². The minimum atomic E-state index is -0.459. The number of carbonyl (C=O) groups excluding carboxylic acids is 2. The van der Waals surface area contributed by atoms with Crippen LogP contribution < -0.4 is 9.80 Å². The average Bonchev–Trinajstić information content (AvgIpc) is 3.03. The van der Waals surface area contributed by atoms with Crippen molar-refractivity contribution in [1.82, 2.24) is 0 Å². The highest BCUT2D eigenvalue weighted by Gasteiger charge is 2.34. The van der Waals surface area contributed by atoms with Gasteiger partial charge in [-0.15, -0.1) is 0 Å². The van der Waals surface area contributed by atoms with E-state index in [9.17, 15) is 9.59 Å². The minimum Gasteiger partial charge on any atom is -0.379 e. The smallest absolute Gasteiger partial charge is 0.299 e. The molecule has 0 aromatic heterocycles. The van der Waals surface area contributed by atoms with Crippen LogP contribution in [-0.2, 0) is 9.53 Å². The summed E-state index contributed by atoms with van der Waals surface area (Å²) in [6.45, 7) is 1.51. The molecule has 1 atom stereocenters. The van der Waals surface area contributed by atoms with E-state index in [2.05, 4.69) is 4.90 Å². The third-order valence-electron chi connectivity index (χ3n) is 3.95. The summed E-state index contributed by atoms with van der Waals surface area (Å²) in [4.78, 5) is 26.9. The molecule has 0 saturated carbocycles. The molecule has 1 aromatic carbocycles. The number of Topliss-reactive ketones (excluding diaryl/α,β-unsaturated/α-hetero) is 1. The molecule has 100 valence electrons. The van der Waals surface area contributed by atoms with E-state index < -0.39 is 11.7 Å². The fraction of sp³-hybridized carbons (Fsp3) is 0.429. The molecule has 5 heteroatoms. The molecule has 0 aliphatic carbocycles. The third-order valence-corrected chi connectivity index (χ3v) is 3.95. The van der Waals surface area contributed by atoms with E-state index in [0.29, 0.717) is 17.3 Å². The number of fused-ring (bicyclic) bond motifs is 1. The number of ketones is 1. The summed E-state index contributed by atoms with van der Waals surface area (Å²) in [6, 6.07) is 5.88. The van der Waals surface area contributed by atoms with E-state index in [0.717, 1.165) is 25.3 Å². The Morgan fingerprint density at radius 3 is 2.84 bits per heavy atom. The maximum Gasteiger partial charge on any atom is 0.299 e. The van der Waals surface area contributed by atoms with Gasteiger partial charge in [-0.1, -0.05) is 0 Å². The van der Waals surface area contributed by atoms with Gasteiger partial charge in [-0.2, -0.15) is 0 Å². The normalized spacial score (nSPS) is 22.0. The number of hydrogen-bond acceptors (Lipinski definition) is 4. The lowest BCUT2D eigenvalue weighted by Crippen LogP contribution is -2.31. The monoisotopic (exact) mass is 260 g/mol. The van der Waals surface area contributed by atoms with Crippen molar-refractivity contribution in [2.45, 2.75) is 12.5 Å². The van der Waals surface area contributed by atoms with Gasteiger partial charge in [0.15, 0.2) is 0 Å². The second-order valence-electron chi connectivity index (χ2n) is 5.02. The number of rotatable bonds is 2. The van der Waals surface area contributed by atoms with Gasteiger partial charge in [0, 0.05) is 26.4 Å². The Hall–Kier alpha value is -1.88. The van der Waals surface area contributed by atoms with Crippen LogP contribution in [0.1, 0.15) is 16.8 Å². The fourth-order valence-electron chi connectivity index (χ4n) is 2.62. The Kier molecular flexibility index (Phi) is 2.78. The van der Waals surface area contributed by atoms with Gasteiger partial charge in [0.25, 0.3) is 11.7 Å². The van der Waals surface area contributed by atoms with E-state index in [-0.39, 0.29) is 0 Å². The molecule has 0 spiro atoms. The molecule has 1 saturated heterocycles. The average molecular weight is 260 g/mol. The molecule has 3 rings (SSSR count). The van der Waals surface area contributed by atoms with Gasteiger partial charge in [-0.05, 0) is 24.6 Å². The first kappa shape index (κ1) is 12.2. The van der Waals surface area contributed by atoms with Crippen LogP contribution in [0.15, 0.2) is 18.2 Å². The molecule has 1 unspecified atom stereocenters. The summed E-state index contributed by atoms with van der Waals surface area (Å²) in [5.74, 6) is -0.880. The summed E-state index contributed by atoms with van der Waals surface area (Å²) >= 11 is 0. The molecule has 1 amide bonds. The number of carbonyl (C=O) groups is 2. The van der Waals surface area contributed by atoms with Crippen molar-refractivity contribution in [3.05, 3.63) is 23.8 Å². The van der Waals surface area contributed by atoms with Crippen LogP contribution in [0.3, 0.4) is 0 Å². The van der Waals surface area contributed by atoms with Gasteiger partial charge in [0.05, 0.1) is 23.9 Å². The highest BCUT2D eigenvalue weighted by molar-refractivity contribution is 6.52. The van der Waals surface area contributed by atoms with Crippen molar-refractivity contribution in [3.8, 4) is 0 Å². The second kappa shape index (κ2) is 4.35. The fourth-order valence-corrected chi connectivity index (χ4v) is 2.62. The van der Waals surface area contributed by atoms with Crippen molar-refractivity contribution >= 4 is 23.1 Å². The van der Waals surface area contributed by atoms with Crippen molar-refractivity contribution in [1.29, 1.82) is 0 Å². The Morgan fingerprint density at radius 1 is 1.37 bits per heavy atom. The molecular formula is C14H16N2O3. The molecule has 0 bridgehead atoms. The Bertz CT molecular complexity index is 550. The van der Waals surface area contributed by atoms with Crippen LogP contribution in [0.25, 0.3) is 0 Å². The zero-order valence-corrected chi connectivity index (χ0v) is 11.0. The number of amides is 1. The maximum absolute atomic E-state index is 11.7. The Labute approximate surface area is 111 Å². The molecule has 2 aliphatic rings. The Morgan fingerprint density at radius 2 is 2.16 bits per heavy atom. The van der Waals surface area contributed by atoms with Crippen molar-refractivity contribution in [3.63, 3.8) is 0 Å². The number of likely N-dealkylation sites (N-methyl/N-ethyl adjacent to an activating group) is 2. The van der Waals surface area contributed by atoms with Crippen molar-refractivity contribution in [2.24, 2.45) is 0 Å². The molecule has 2 aliphatic heterocycles. The molecule has 1 aromatic rings. The molecule has 2 heterocycles. The first-order valence-corrected chi connectivity index (χ1v) is 6.36. The zero-order chi connectivity index (χ0) is 13.6.